The monoisotopic (exact) mass is 404 g/mol. The first-order valence-corrected chi connectivity index (χ1v) is 8.65. The van der Waals surface area contributed by atoms with Gasteiger partial charge in [-0.15, -0.1) is 0 Å². The molecule has 0 spiro atoms. The number of hydrogen-bond donors (Lipinski definition) is 1. The molecule has 1 unspecified atom stereocenters. The molecule has 0 bridgehead atoms. The van der Waals surface area contributed by atoms with Crippen molar-refractivity contribution in [1.82, 2.24) is 10.3 Å². The van der Waals surface area contributed by atoms with Gasteiger partial charge in [0, 0.05) is 18.3 Å². The van der Waals surface area contributed by atoms with Gasteiger partial charge in [-0.05, 0) is 47.7 Å². The lowest BCUT2D eigenvalue weighted by Gasteiger charge is -2.33. The van der Waals surface area contributed by atoms with Crippen molar-refractivity contribution in [2.24, 2.45) is 0 Å². The maximum absolute atomic E-state index is 13.7. The Morgan fingerprint density at radius 1 is 1.19 bits per heavy atom. The van der Waals surface area contributed by atoms with E-state index in [9.17, 15) is 17.6 Å². The summed E-state index contributed by atoms with van der Waals surface area (Å²) in [6.07, 6.45) is -3.34. The van der Waals surface area contributed by atoms with Crippen LogP contribution in [-0.4, -0.2) is 24.3 Å². The number of ether oxygens (including phenoxy) is 1. The zero-order valence-corrected chi connectivity index (χ0v) is 16.0. The highest BCUT2D eigenvalue weighted by molar-refractivity contribution is 6.29. The number of pyridine rings is 1. The highest BCUT2D eigenvalue weighted by Crippen LogP contribution is 2.38. The number of alkyl halides is 3. The highest BCUT2D eigenvalue weighted by Gasteiger charge is 2.43. The van der Waals surface area contributed by atoms with E-state index in [1.807, 2.05) is 0 Å². The van der Waals surface area contributed by atoms with E-state index in [1.54, 1.807) is 19.9 Å². The van der Waals surface area contributed by atoms with Crippen molar-refractivity contribution in [3.8, 4) is 5.75 Å². The Bertz CT molecular complexity index is 781. The van der Waals surface area contributed by atoms with Gasteiger partial charge in [0.1, 0.15) is 22.8 Å². The number of rotatable bonds is 7. The predicted molar refractivity (Wildman–Crippen MR) is 96.5 cm³/mol. The summed E-state index contributed by atoms with van der Waals surface area (Å²) in [7, 11) is 1.40. The van der Waals surface area contributed by atoms with Crippen LogP contribution in [0.15, 0.2) is 36.5 Å². The summed E-state index contributed by atoms with van der Waals surface area (Å²) in [4.78, 5) is 3.81. The third-order valence-corrected chi connectivity index (χ3v) is 4.55. The molecule has 1 heterocycles. The van der Waals surface area contributed by atoms with E-state index >= 15 is 0 Å². The maximum Gasteiger partial charge on any atom is 0.403 e. The van der Waals surface area contributed by atoms with Crippen LogP contribution in [-0.2, 0) is 12.0 Å². The maximum atomic E-state index is 13.7. The molecule has 0 aliphatic carbocycles. The van der Waals surface area contributed by atoms with Gasteiger partial charge < -0.3 is 10.1 Å². The SMILES string of the molecule is COc1ccc(F)cc1C(C)(C)CC(NCc1ccnc(Cl)c1)C(F)(F)F. The van der Waals surface area contributed by atoms with Gasteiger partial charge in [-0.3, -0.25) is 0 Å². The summed E-state index contributed by atoms with van der Waals surface area (Å²) in [6.45, 7) is 3.24. The Hall–Kier alpha value is -1.86. The van der Waals surface area contributed by atoms with Crippen molar-refractivity contribution in [2.45, 2.75) is 44.4 Å². The van der Waals surface area contributed by atoms with Crippen LogP contribution in [0.1, 0.15) is 31.4 Å². The molecule has 2 rings (SSSR count). The molecule has 0 saturated carbocycles. The lowest BCUT2D eigenvalue weighted by molar-refractivity contribution is -0.160. The third-order valence-electron chi connectivity index (χ3n) is 4.34. The largest absolute Gasteiger partial charge is 0.496 e. The molecule has 2 aromatic rings. The van der Waals surface area contributed by atoms with Gasteiger partial charge in [0.05, 0.1) is 7.11 Å². The van der Waals surface area contributed by atoms with Gasteiger partial charge in [0.2, 0.25) is 0 Å². The van der Waals surface area contributed by atoms with Gasteiger partial charge >= 0.3 is 6.18 Å². The molecule has 0 fully saturated rings. The molecular weight excluding hydrogens is 384 g/mol. The quantitative estimate of drug-likeness (QED) is 0.504. The van der Waals surface area contributed by atoms with Crippen molar-refractivity contribution in [3.63, 3.8) is 0 Å². The van der Waals surface area contributed by atoms with Crippen LogP contribution < -0.4 is 10.1 Å². The first-order valence-electron chi connectivity index (χ1n) is 8.27. The van der Waals surface area contributed by atoms with Crippen LogP contribution >= 0.6 is 11.6 Å². The van der Waals surface area contributed by atoms with Crippen LogP contribution in [0.2, 0.25) is 5.15 Å². The molecule has 148 valence electrons. The second-order valence-electron chi connectivity index (χ2n) is 6.89. The van der Waals surface area contributed by atoms with E-state index in [0.29, 0.717) is 16.9 Å². The Kier molecular flexibility index (Phi) is 6.70. The number of benzene rings is 1. The molecule has 8 heteroatoms. The molecule has 1 N–H and O–H groups in total. The lowest BCUT2D eigenvalue weighted by atomic mass is 9.78. The number of nitrogens with one attached hydrogen (secondary N) is 1. The molecule has 0 aliphatic rings. The van der Waals surface area contributed by atoms with Gasteiger partial charge in [-0.25, -0.2) is 9.37 Å². The summed E-state index contributed by atoms with van der Waals surface area (Å²) in [6, 6.07) is 5.14. The van der Waals surface area contributed by atoms with Crippen LogP contribution in [0.3, 0.4) is 0 Å². The summed E-state index contributed by atoms with van der Waals surface area (Å²) in [5, 5.41) is 2.75. The smallest absolute Gasteiger partial charge is 0.403 e. The third kappa shape index (κ3) is 5.81. The van der Waals surface area contributed by atoms with E-state index in [0.717, 1.165) is 0 Å². The van der Waals surface area contributed by atoms with Crippen LogP contribution in [0.5, 0.6) is 5.75 Å². The van der Waals surface area contributed by atoms with E-state index in [1.165, 1.54) is 37.6 Å². The van der Waals surface area contributed by atoms with E-state index < -0.39 is 23.5 Å². The molecule has 0 radical (unpaired) electrons. The van der Waals surface area contributed by atoms with Gasteiger partial charge in [0.25, 0.3) is 0 Å². The minimum Gasteiger partial charge on any atom is -0.496 e. The number of methoxy groups -OCH3 is 1. The summed E-state index contributed by atoms with van der Waals surface area (Å²) in [5.41, 5.74) is -0.0188. The van der Waals surface area contributed by atoms with Crippen LogP contribution in [0.25, 0.3) is 0 Å². The Morgan fingerprint density at radius 2 is 1.89 bits per heavy atom. The van der Waals surface area contributed by atoms with Crippen molar-refractivity contribution in [2.75, 3.05) is 7.11 Å². The fourth-order valence-electron chi connectivity index (χ4n) is 2.93. The molecule has 0 amide bonds. The standard InChI is InChI=1S/C19H21ClF4N2O/c1-18(2,14-9-13(21)4-5-15(14)27-3)10-16(19(22,23)24)26-11-12-6-7-25-17(20)8-12/h4-9,16,26H,10-11H2,1-3H3. The van der Waals surface area contributed by atoms with Gasteiger partial charge in [-0.2, -0.15) is 13.2 Å². The second-order valence-corrected chi connectivity index (χ2v) is 7.28. The zero-order chi connectivity index (χ0) is 20.2. The fraction of sp³-hybridized carbons (Fsp3) is 0.421. The number of halogens is 5. The molecule has 0 aliphatic heterocycles. The lowest BCUT2D eigenvalue weighted by Crippen LogP contribution is -2.45. The minimum atomic E-state index is -4.48. The molecule has 0 saturated heterocycles. The molecule has 1 aromatic carbocycles. The highest BCUT2D eigenvalue weighted by atomic mass is 35.5. The van der Waals surface area contributed by atoms with Gasteiger partial charge in [-0.1, -0.05) is 25.4 Å². The summed E-state index contributed by atoms with van der Waals surface area (Å²) in [5.74, 6) is -0.176. The molecule has 1 atom stereocenters. The van der Waals surface area contributed by atoms with Crippen molar-refractivity contribution < 1.29 is 22.3 Å². The predicted octanol–water partition coefficient (Wildman–Crippen LogP) is 5.27. The van der Waals surface area contributed by atoms with E-state index in [2.05, 4.69) is 10.3 Å². The fourth-order valence-corrected chi connectivity index (χ4v) is 3.12. The average molecular weight is 405 g/mol. The van der Waals surface area contributed by atoms with Gasteiger partial charge in [0.15, 0.2) is 0 Å². The molecule has 27 heavy (non-hydrogen) atoms. The molecule has 1 aromatic heterocycles. The van der Waals surface area contributed by atoms with Crippen LogP contribution in [0, 0.1) is 5.82 Å². The van der Waals surface area contributed by atoms with E-state index in [-0.39, 0.29) is 18.1 Å². The zero-order valence-electron chi connectivity index (χ0n) is 15.2. The van der Waals surface area contributed by atoms with E-state index in [4.69, 9.17) is 16.3 Å². The second kappa shape index (κ2) is 8.44. The Labute approximate surface area is 160 Å². The van der Waals surface area contributed by atoms with Crippen molar-refractivity contribution >= 4 is 11.6 Å². The van der Waals surface area contributed by atoms with Crippen molar-refractivity contribution in [3.05, 3.63) is 58.6 Å². The summed E-state index contributed by atoms with van der Waals surface area (Å²) < 4.78 is 59.7. The Morgan fingerprint density at radius 3 is 2.48 bits per heavy atom. The Balaban J connectivity index is 2.23. The first kappa shape index (κ1) is 21.4. The molecule has 3 nitrogen and oxygen atoms in total. The normalized spacial score (nSPS) is 13.5. The molecular formula is C19H21ClF4N2O. The number of nitrogens with zero attached hydrogens (tertiary/aromatic N) is 1. The minimum absolute atomic E-state index is 0.0250. The van der Waals surface area contributed by atoms with Crippen LogP contribution in [0.4, 0.5) is 17.6 Å². The average Bonchev–Trinajstić information content (AvgIpc) is 2.57. The topological polar surface area (TPSA) is 34.1 Å². The number of hydrogen-bond acceptors (Lipinski definition) is 3. The number of aromatic nitrogens is 1. The first-order chi connectivity index (χ1) is 12.5. The summed E-state index contributed by atoms with van der Waals surface area (Å²) >= 11 is 5.77. The van der Waals surface area contributed by atoms with Crippen molar-refractivity contribution in [1.29, 1.82) is 0 Å².